The molecule has 2 aromatic carbocycles. The van der Waals surface area contributed by atoms with Crippen LogP contribution in [0.1, 0.15) is 29.3 Å². The van der Waals surface area contributed by atoms with E-state index >= 15 is 0 Å². The van der Waals surface area contributed by atoms with E-state index in [9.17, 15) is 4.79 Å². The minimum Gasteiger partial charge on any atom is -0.489 e. The first-order chi connectivity index (χ1) is 12.1. The summed E-state index contributed by atoms with van der Waals surface area (Å²) >= 11 is 3.51. The number of dihydropyridines is 1. The Morgan fingerprint density at radius 2 is 2.04 bits per heavy atom. The van der Waals surface area contributed by atoms with E-state index in [0.717, 1.165) is 27.9 Å². The minimum absolute atomic E-state index is 0.106. The number of nitrogens with zero attached hydrogens (tertiary/aromatic N) is 1. The van der Waals surface area contributed by atoms with Crippen molar-refractivity contribution in [3.8, 4) is 5.75 Å². The van der Waals surface area contributed by atoms with Gasteiger partial charge < -0.3 is 4.74 Å². The average Bonchev–Trinajstić information content (AvgIpc) is 2.63. The molecule has 3 nitrogen and oxygen atoms in total. The number of halogens is 1. The molecule has 0 amide bonds. The Bertz CT molecular complexity index is 812. The van der Waals surface area contributed by atoms with Gasteiger partial charge in [-0.15, -0.1) is 0 Å². The maximum absolute atomic E-state index is 12.6. The number of carbonyl (C=O) groups excluding carboxylic acids is 1. The molecular weight excluding hydrogens is 378 g/mol. The van der Waals surface area contributed by atoms with E-state index in [2.05, 4.69) is 27.8 Å². The van der Waals surface area contributed by atoms with Crippen molar-refractivity contribution < 1.29 is 9.53 Å². The van der Waals surface area contributed by atoms with E-state index in [-0.39, 0.29) is 5.78 Å². The summed E-state index contributed by atoms with van der Waals surface area (Å²) in [5.41, 5.74) is 2.93. The van der Waals surface area contributed by atoms with E-state index in [1.807, 2.05) is 54.6 Å². The van der Waals surface area contributed by atoms with Gasteiger partial charge in [-0.25, -0.2) is 0 Å². The van der Waals surface area contributed by atoms with Crippen LogP contribution in [0.2, 0.25) is 0 Å². The van der Waals surface area contributed by atoms with Crippen LogP contribution in [-0.4, -0.2) is 18.5 Å². The highest BCUT2D eigenvalue weighted by Crippen LogP contribution is 2.27. The number of allylic oxidation sites excluding steroid dienone is 1. The van der Waals surface area contributed by atoms with E-state index < -0.39 is 0 Å². The van der Waals surface area contributed by atoms with Crippen molar-refractivity contribution in [3.63, 3.8) is 0 Å². The summed E-state index contributed by atoms with van der Waals surface area (Å²) < 4.78 is 6.57. The zero-order valence-corrected chi connectivity index (χ0v) is 15.7. The quantitative estimate of drug-likeness (QED) is 0.624. The largest absolute Gasteiger partial charge is 0.489 e. The Morgan fingerprint density at radius 1 is 1.24 bits per heavy atom. The third-order valence-corrected chi connectivity index (χ3v) is 4.92. The predicted molar refractivity (Wildman–Crippen MR) is 104 cm³/mol. The molecule has 3 rings (SSSR count). The molecule has 0 N–H and O–H groups in total. The van der Waals surface area contributed by atoms with Gasteiger partial charge >= 0.3 is 0 Å². The normalized spacial score (nSPS) is 16.4. The second-order valence-corrected chi connectivity index (χ2v) is 7.03. The van der Waals surface area contributed by atoms with Crippen LogP contribution in [0.4, 0.5) is 0 Å². The smallest absolute Gasteiger partial charge is 0.168 e. The fraction of sp³-hybridized carbons (Fsp3) is 0.238. The summed E-state index contributed by atoms with van der Waals surface area (Å²) in [5.74, 6) is 1.17. The van der Waals surface area contributed by atoms with Crippen molar-refractivity contribution in [2.75, 3.05) is 6.54 Å². The molecule has 0 aliphatic carbocycles. The van der Waals surface area contributed by atoms with Gasteiger partial charge in [-0.3, -0.25) is 9.79 Å². The van der Waals surface area contributed by atoms with Crippen LogP contribution in [0.25, 0.3) is 0 Å². The highest BCUT2D eigenvalue weighted by Gasteiger charge is 2.17. The molecule has 0 spiro atoms. The fourth-order valence-corrected chi connectivity index (χ4v) is 3.29. The van der Waals surface area contributed by atoms with Crippen LogP contribution in [0.15, 0.2) is 69.6 Å². The van der Waals surface area contributed by atoms with Crippen molar-refractivity contribution in [1.82, 2.24) is 0 Å². The Morgan fingerprint density at radius 3 is 2.76 bits per heavy atom. The summed E-state index contributed by atoms with van der Waals surface area (Å²) in [6.07, 6.45) is 4.17. The SMILES string of the molecule is CC1CN=CC=C1CC(=O)c1ccc(OCc2ccccc2)cc1Br. The molecule has 0 saturated carbocycles. The zero-order valence-electron chi connectivity index (χ0n) is 14.1. The maximum atomic E-state index is 12.6. The van der Waals surface area contributed by atoms with Gasteiger partial charge in [0.25, 0.3) is 0 Å². The van der Waals surface area contributed by atoms with Crippen molar-refractivity contribution in [2.45, 2.75) is 20.0 Å². The van der Waals surface area contributed by atoms with Gasteiger partial charge in [0, 0.05) is 29.2 Å². The van der Waals surface area contributed by atoms with Crippen molar-refractivity contribution in [3.05, 3.63) is 75.8 Å². The molecule has 4 heteroatoms. The number of ether oxygens (including phenoxy) is 1. The third kappa shape index (κ3) is 4.67. The highest BCUT2D eigenvalue weighted by molar-refractivity contribution is 9.10. The van der Waals surface area contributed by atoms with E-state index in [0.29, 0.717) is 24.5 Å². The molecule has 128 valence electrons. The summed E-state index contributed by atoms with van der Waals surface area (Å²) in [5, 5.41) is 0. The summed E-state index contributed by atoms with van der Waals surface area (Å²) in [6, 6.07) is 15.5. The summed E-state index contributed by atoms with van der Waals surface area (Å²) in [4.78, 5) is 16.8. The molecule has 0 aromatic heterocycles. The number of benzene rings is 2. The van der Waals surface area contributed by atoms with Gasteiger partial charge in [0.1, 0.15) is 12.4 Å². The lowest BCUT2D eigenvalue weighted by Gasteiger charge is -2.16. The monoisotopic (exact) mass is 397 g/mol. The average molecular weight is 398 g/mol. The Balaban J connectivity index is 1.66. The Labute approximate surface area is 156 Å². The molecule has 0 radical (unpaired) electrons. The van der Waals surface area contributed by atoms with Gasteiger partial charge in [0.05, 0.1) is 0 Å². The number of ketones is 1. The van der Waals surface area contributed by atoms with Gasteiger partial charge in [0.2, 0.25) is 0 Å². The first kappa shape index (κ1) is 17.6. The number of rotatable bonds is 6. The van der Waals surface area contributed by atoms with Gasteiger partial charge in [0.15, 0.2) is 5.78 Å². The molecule has 1 aliphatic heterocycles. The molecule has 1 unspecified atom stereocenters. The topological polar surface area (TPSA) is 38.7 Å². The lowest BCUT2D eigenvalue weighted by atomic mass is 9.92. The molecule has 0 bridgehead atoms. The van der Waals surface area contributed by atoms with Crippen molar-refractivity contribution in [1.29, 1.82) is 0 Å². The number of hydrogen-bond donors (Lipinski definition) is 0. The Hall–Kier alpha value is -2.20. The standard InChI is InChI=1S/C21H20BrNO2/c1-15-13-23-10-9-17(15)11-21(24)19-8-7-18(12-20(19)22)25-14-16-5-3-2-4-6-16/h2-10,12,15H,11,13-14H2,1H3. The van der Waals surface area contributed by atoms with Crippen LogP contribution < -0.4 is 4.74 Å². The fourth-order valence-electron chi connectivity index (χ4n) is 2.72. The van der Waals surface area contributed by atoms with Crippen LogP contribution in [0, 0.1) is 5.92 Å². The highest BCUT2D eigenvalue weighted by atomic mass is 79.9. The minimum atomic E-state index is 0.106. The maximum Gasteiger partial charge on any atom is 0.168 e. The van der Waals surface area contributed by atoms with Crippen LogP contribution in [0.5, 0.6) is 5.75 Å². The number of hydrogen-bond acceptors (Lipinski definition) is 3. The first-order valence-corrected chi connectivity index (χ1v) is 9.11. The molecule has 1 atom stereocenters. The lowest BCUT2D eigenvalue weighted by molar-refractivity contribution is 0.0989. The van der Waals surface area contributed by atoms with Gasteiger partial charge in [-0.2, -0.15) is 0 Å². The molecule has 25 heavy (non-hydrogen) atoms. The summed E-state index contributed by atoms with van der Waals surface area (Å²) in [7, 11) is 0. The Kier molecular flexibility index (Phi) is 5.82. The van der Waals surface area contributed by atoms with Gasteiger partial charge in [-0.05, 0) is 51.7 Å². The predicted octanol–water partition coefficient (Wildman–Crippen LogP) is 5.25. The van der Waals surface area contributed by atoms with Crippen LogP contribution in [-0.2, 0) is 6.61 Å². The first-order valence-electron chi connectivity index (χ1n) is 8.32. The molecule has 0 fully saturated rings. The second-order valence-electron chi connectivity index (χ2n) is 6.17. The summed E-state index contributed by atoms with van der Waals surface area (Å²) in [6.45, 7) is 3.36. The van der Waals surface area contributed by atoms with E-state index in [1.54, 1.807) is 6.21 Å². The van der Waals surface area contributed by atoms with Crippen LogP contribution >= 0.6 is 15.9 Å². The van der Waals surface area contributed by atoms with E-state index in [4.69, 9.17) is 4.74 Å². The molecule has 2 aromatic rings. The van der Waals surface area contributed by atoms with Crippen molar-refractivity contribution in [2.24, 2.45) is 10.9 Å². The zero-order chi connectivity index (χ0) is 17.6. The third-order valence-electron chi connectivity index (χ3n) is 4.26. The van der Waals surface area contributed by atoms with Crippen LogP contribution in [0.3, 0.4) is 0 Å². The number of carbonyl (C=O) groups is 1. The number of aliphatic imine (C=N–C) groups is 1. The van der Waals surface area contributed by atoms with Crippen molar-refractivity contribution >= 4 is 27.9 Å². The molecule has 1 heterocycles. The number of Topliss-reactive ketones (excluding diaryl/α,β-unsaturated/α-hetero) is 1. The molecule has 0 saturated heterocycles. The van der Waals surface area contributed by atoms with E-state index in [1.165, 1.54) is 0 Å². The van der Waals surface area contributed by atoms with Gasteiger partial charge in [-0.1, -0.05) is 42.8 Å². The molecular formula is C21H20BrNO2. The second kappa shape index (κ2) is 8.26. The lowest BCUT2D eigenvalue weighted by Crippen LogP contribution is -2.12. The molecule has 1 aliphatic rings.